The maximum atomic E-state index is 9.16. The van der Waals surface area contributed by atoms with Gasteiger partial charge in [0, 0.05) is 18.6 Å². The van der Waals surface area contributed by atoms with E-state index in [0.717, 1.165) is 6.42 Å². The molecule has 1 aromatic carbocycles. The molecular formula is C11H16O3. The molecule has 0 aliphatic carbocycles. The number of phenols is 1. The molecule has 0 fully saturated rings. The van der Waals surface area contributed by atoms with Gasteiger partial charge in [0.15, 0.2) is 0 Å². The fourth-order valence-electron chi connectivity index (χ4n) is 1.09. The van der Waals surface area contributed by atoms with Gasteiger partial charge in [0.1, 0.15) is 11.5 Å². The molecule has 0 saturated heterocycles. The van der Waals surface area contributed by atoms with Crippen LogP contribution in [-0.4, -0.2) is 23.4 Å². The van der Waals surface area contributed by atoms with Gasteiger partial charge in [0.25, 0.3) is 0 Å². The molecule has 0 spiro atoms. The second kappa shape index (κ2) is 5.50. The lowest BCUT2D eigenvalue weighted by molar-refractivity contribution is 0.159. The number of benzene rings is 1. The first kappa shape index (κ1) is 10.9. The lowest BCUT2D eigenvalue weighted by Gasteiger charge is -2.12. The number of aliphatic hydroxyl groups excluding tert-OH is 1. The third-order valence-electron chi connectivity index (χ3n) is 2.14. The summed E-state index contributed by atoms with van der Waals surface area (Å²) in [6.07, 6.45) is 0.884. The first-order valence-electron chi connectivity index (χ1n) is 4.79. The van der Waals surface area contributed by atoms with Crippen LogP contribution in [0.3, 0.4) is 0 Å². The number of hydrogen-bond acceptors (Lipinski definition) is 3. The number of aromatic hydroxyl groups is 1. The van der Waals surface area contributed by atoms with Crippen LogP contribution < -0.4 is 4.74 Å². The minimum absolute atomic E-state index is 0.134. The van der Waals surface area contributed by atoms with Crippen molar-refractivity contribution in [1.29, 1.82) is 0 Å². The largest absolute Gasteiger partial charge is 0.508 e. The van der Waals surface area contributed by atoms with Gasteiger partial charge in [0.05, 0.1) is 6.61 Å². The van der Waals surface area contributed by atoms with Gasteiger partial charge in [-0.2, -0.15) is 0 Å². The van der Waals surface area contributed by atoms with Gasteiger partial charge in [0.2, 0.25) is 0 Å². The topological polar surface area (TPSA) is 49.7 Å². The molecular weight excluding hydrogens is 180 g/mol. The van der Waals surface area contributed by atoms with Gasteiger partial charge in [-0.3, -0.25) is 0 Å². The van der Waals surface area contributed by atoms with E-state index in [1.54, 1.807) is 24.3 Å². The summed E-state index contributed by atoms with van der Waals surface area (Å²) in [4.78, 5) is 0. The number of hydrogen-bond donors (Lipinski definition) is 2. The highest BCUT2D eigenvalue weighted by atomic mass is 16.5. The van der Waals surface area contributed by atoms with Crippen molar-refractivity contribution in [2.75, 3.05) is 13.2 Å². The minimum atomic E-state index is 0.134. The van der Waals surface area contributed by atoms with E-state index in [1.165, 1.54) is 0 Å². The molecule has 14 heavy (non-hydrogen) atoms. The average Bonchev–Trinajstić information content (AvgIpc) is 2.19. The van der Waals surface area contributed by atoms with E-state index in [4.69, 9.17) is 14.9 Å². The number of aliphatic hydroxyl groups is 1. The number of rotatable bonds is 5. The van der Waals surface area contributed by atoms with Crippen molar-refractivity contribution in [3.8, 4) is 11.5 Å². The van der Waals surface area contributed by atoms with Gasteiger partial charge in [-0.15, -0.1) is 0 Å². The number of ether oxygens (including phenoxy) is 1. The highest BCUT2D eigenvalue weighted by Gasteiger charge is 2.05. The van der Waals surface area contributed by atoms with Crippen LogP contribution >= 0.6 is 0 Å². The second-order valence-electron chi connectivity index (χ2n) is 3.27. The zero-order chi connectivity index (χ0) is 10.4. The van der Waals surface area contributed by atoms with Crippen molar-refractivity contribution < 1.29 is 14.9 Å². The van der Waals surface area contributed by atoms with Gasteiger partial charge >= 0.3 is 0 Å². The monoisotopic (exact) mass is 196 g/mol. The fourth-order valence-corrected chi connectivity index (χ4v) is 1.09. The summed E-state index contributed by atoms with van der Waals surface area (Å²) >= 11 is 0. The van der Waals surface area contributed by atoms with Crippen molar-refractivity contribution in [1.82, 2.24) is 0 Å². The summed E-state index contributed by atoms with van der Waals surface area (Å²) in [5.74, 6) is 0.994. The highest BCUT2D eigenvalue weighted by Crippen LogP contribution is 2.18. The van der Waals surface area contributed by atoms with Crippen LogP contribution in [0.4, 0.5) is 0 Å². The third kappa shape index (κ3) is 3.26. The quantitative estimate of drug-likeness (QED) is 0.754. The minimum Gasteiger partial charge on any atom is -0.508 e. The first-order chi connectivity index (χ1) is 6.76. The van der Waals surface area contributed by atoms with Crippen LogP contribution in [0.25, 0.3) is 0 Å². The van der Waals surface area contributed by atoms with Crippen LogP contribution in [0.15, 0.2) is 24.3 Å². The zero-order valence-corrected chi connectivity index (χ0v) is 8.31. The molecule has 0 amide bonds. The van der Waals surface area contributed by atoms with Crippen molar-refractivity contribution >= 4 is 0 Å². The summed E-state index contributed by atoms with van der Waals surface area (Å²) in [5, 5.41) is 18.1. The van der Waals surface area contributed by atoms with Gasteiger partial charge < -0.3 is 14.9 Å². The molecule has 0 aliphatic heterocycles. The lowest BCUT2D eigenvalue weighted by atomic mass is 10.1. The molecule has 3 nitrogen and oxygen atoms in total. The summed E-state index contributed by atoms with van der Waals surface area (Å²) in [5.41, 5.74) is 0. The summed E-state index contributed by atoms with van der Waals surface area (Å²) in [6, 6.07) is 6.66. The van der Waals surface area contributed by atoms with Crippen molar-refractivity contribution in [2.24, 2.45) is 5.92 Å². The molecule has 2 N–H and O–H groups in total. The van der Waals surface area contributed by atoms with Crippen LogP contribution in [0, 0.1) is 5.92 Å². The molecule has 0 bridgehead atoms. The Balaban J connectivity index is 2.44. The number of phenolic OH excluding ortho intramolecular Hbond substituents is 1. The molecule has 78 valence electrons. The van der Waals surface area contributed by atoms with E-state index in [9.17, 15) is 0 Å². The van der Waals surface area contributed by atoms with E-state index >= 15 is 0 Å². The van der Waals surface area contributed by atoms with E-state index < -0.39 is 0 Å². The van der Waals surface area contributed by atoms with E-state index in [1.807, 2.05) is 6.92 Å². The standard InChI is InChI=1S/C11H16O3/c1-2-9(7-12)8-14-11-5-3-4-10(13)6-11/h3-6,9,12-13H,2,7-8H2,1H3. The summed E-state index contributed by atoms with van der Waals surface area (Å²) in [6.45, 7) is 2.62. The molecule has 0 radical (unpaired) electrons. The Morgan fingerprint density at radius 2 is 2.21 bits per heavy atom. The van der Waals surface area contributed by atoms with Crippen LogP contribution in [0.1, 0.15) is 13.3 Å². The van der Waals surface area contributed by atoms with Gasteiger partial charge in [-0.05, 0) is 18.6 Å². The van der Waals surface area contributed by atoms with E-state index in [2.05, 4.69) is 0 Å². The Morgan fingerprint density at radius 3 is 2.79 bits per heavy atom. The first-order valence-corrected chi connectivity index (χ1v) is 4.79. The van der Waals surface area contributed by atoms with E-state index in [-0.39, 0.29) is 18.3 Å². The molecule has 0 aliphatic rings. The molecule has 1 aromatic rings. The Bertz CT molecular complexity index is 269. The Labute approximate surface area is 84.0 Å². The fraction of sp³-hybridized carbons (Fsp3) is 0.455. The van der Waals surface area contributed by atoms with Crippen molar-refractivity contribution in [3.63, 3.8) is 0 Å². The predicted molar refractivity (Wildman–Crippen MR) is 54.5 cm³/mol. The molecule has 0 heterocycles. The van der Waals surface area contributed by atoms with Crippen LogP contribution in [0.2, 0.25) is 0 Å². The molecule has 1 rings (SSSR count). The normalized spacial score (nSPS) is 12.4. The molecule has 1 unspecified atom stereocenters. The van der Waals surface area contributed by atoms with Gasteiger partial charge in [-0.1, -0.05) is 13.0 Å². The Morgan fingerprint density at radius 1 is 1.43 bits per heavy atom. The van der Waals surface area contributed by atoms with Crippen LogP contribution in [0.5, 0.6) is 11.5 Å². The van der Waals surface area contributed by atoms with Crippen molar-refractivity contribution in [2.45, 2.75) is 13.3 Å². The molecule has 3 heteroatoms. The lowest BCUT2D eigenvalue weighted by Crippen LogP contribution is -2.14. The van der Waals surface area contributed by atoms with Crippen LogP contribution in [-0.2, 0) is 0 Å². The summed E-state index contributed by atoms with van der Waals surface area (Å²) < 4.78 is 5.41. The third-order valence-corrected chi connectivity index (χ3v) is 2.14. The second-order valence-corrected chi connectivity index (χ2v) is 3.27. The molecule has 0 aromatic heterocycles. The predicted octanol–water partition coefficient (Wildman–Crippen LogP) is 1.79. The highest BCUT2D eigenvalue weighted by molar-refractivity contribution is 5.31. The Kier molecular flexibility index (Phi) is 4.26. The zero-order valence-electron chi connectivity index (χ0n) is 8.31. The molecule has 1 atom stereocenters. The van der Waals surface area contributed by atoms with Gasteiger partial charge in [-0.25, -0.2) is 0 Å². The summed E-state index contributed by atoms with van der Waals surface area (Å²) in [7, 11) is 0. The SMILES string of the molecule is CCC(CO)COc1cccc(O)c1. The van der Waals surface area contributed by atoms with E-state index in [0.29, 0.717) is 12.4 Å². The maximum absolute atomic E-state index is 9.16. The Hall–Kier alpha value is -1.22. The molecule has 0 saturated carbocycles. The van der Waals surface area contributed by atoms with Crippen molar-refractivity contribution in [3.05, 3.63) is 24.3 Å². The average molecular weight is 196 g/mol. The maximum Gasteiger partial charge on any atom is 0.122 e. The smallest absolute Gasteiger partial charge is 0.122 e.